The predicted octanol–water partition coefficient (Wildman–Crippen LogP) is 4.94. The SMILES string of the molecule is CNc1nc(N2CCN(C(c3ccccc3)c3ccccc3)CC2)nc2c1C(=O)CC(c1ccco1)C2. The van der Waals surface area contributed by atoms with E-state index in [1.165, 1.54) is 11.1 Å². The Hall–Kier alpha value is -3.97. The maximum atomic E-state index is 13.1. The molecule has 7 heteroatoms. The molecule has 2 aromatic heterocycles. The van der Waals surface area contributed by atoms with Gasteiger partial charge in [-0.25, -0.2) is 4.98 Å². The number of carbonyl (C=O) groups is 1. The molecule has 1 aliphatic heterocycles. The van der Waals surface area contributed by atoms with Crippen LogP contribution in [-0.4, -0.2) is 53.9 Å². The molecule has 1 unspecified atom stereocenters. The van der Waals surface area contributed by atoms with Crippen LogP contribution in [0.4, 0.5) is 11.8 Å². The van der Waals surface area contributed by atoms with Gasteiger partial charge in [0.2, 0.25) is 5.95 Å². The molecule has 4 aromatic rings. The third kappa shape index (κ3) is 4.62. The van der Waals surface area contributed by atoms with Gasteiger partial charge >= 0.3 is 0 Å². The summed E-state index contributed by atoms with van der Waals surface area (Å²) in [6, 6.07) is 25.4. The highest BCUT2D eigenvalue weighted by atomic mass is 16.3. The second kappa shape index (κ2) is 10.2. The molecule has 0 radical (unpaired) electrons. The molecule has 3 heterocycles. The van der Waals surface area contributed by atoms with Crippen LogP contribution in [0, 0.1) is 0 Å². The Labute approximate surface area is 217 Å². The van der Waals surface area contributed by atoms with Crippen molar-refractivity contribution >= 4 is 17.5 Å². The molecule has 2 aliphatic rings. The first kappa shape index (κ1) is 23.4. The number of benzene rings is 2. The lowest BCUT2D eigenvalue weighted by molar-refractivity contribution is 0.0959. The van der Waals surface area contributed by atoms with E-state index >= 15 is 0 Å². The average molecular weight is 494 g/mol. The highest BCUT2D eigenvalue weighted by Gasteiger charge is 2.34. The molecule has 2 aromatic carbocycles. The van der Waals surface area contributed by atoms with Crippen molar-refractivity contribution < 1.29 is 9.21 Å². The minimum absolute atomic E-state index is 0.0109. The van der Waals surface area contributed by atoms with E-state index in [4.69, 9.17) is 14.4 Å². The minimum atomic E-state index is 0.0109. The highest BCUT2D eigenvalue weighted by Crippen LogP contribution is 2.36. The largest absolute Gasteiger partial charge is 0.469 e. The number of fused-ring (bicyclic) bond motifs is 1. The van der Waals surface area contributed by atoms with Gasteiger partial charge in [0.1, 0.15) is 11.6 Å². The third-order valence-corrected chi connectivity index (χ3v) is 7.50. The quantitative estimate of drug-likeness (QED) is 0.408. The van der Waals surface area contributed by atoms with Crippen molar-refractivity contribution in [1.29, 1.82) is 0 Å². The summed E-state index contributed by atoms with van der Waals surface area (Å²) in [6.45, 7) is 3.40. The van der Waals surface area contributed by atoms with Crippen LogP contribution in [0.3, 0.4) is 0 Å². The van der Waals surface area contributed by atoms with Gasteiger partial charge in [-0.1, -0.05) is 60.7 Å². The number of hydrogen-bond donors (Lipinski definition) is 1. The molecule has 1 atom stereocenters. The van der Waals surface area contributed by atoms with Gasteiger partial charge in [-0.05, 0) is 23.3 Å². The lowest BCUT2D eigenvalue weighted by Crippen LogP contribution is -2.48. The number of nitrogens with zero attached hydrogens (tertiary/aromatic N) is 4. The summed E-state index contributed by atoms with van der Waals surface area (Å²) in [5.41, 5.74) is 4.03. The molecule has 1 N–H and O–H groups in total. The van der Waals surface area contributed by atoms with E-state index in [0.29, 0.717) is 30.2 Å². The van der Waals surface area contributed by atoms with Crippen LogP contribution in [0.1, 0.15) is 51.3 Å². The van der Waals surface area contributed by atoms with Crippen LogP contribution in [0.15, 0.2) is 83.5 Å². The van der Waals surface area contributed by atoms with Gasteiger partial charge in [-0.3, -0.25) is 9.69 Å². The molecule has 0 bridgehead atoms. The molecule has 0 amide bonds. The first-order valence-electron chi connectivity index (χ1n) is 13.0. The van der Waals surface area contributed by atoms with Crippen molar-refractivity contribution in [2.24, 2.45) is 0 Å². The highest BCUT2D eigenvalue weighted by molar-refractivity contribution is 6.03. The van der Waals surface area contributed by atoms with Gasteiger partial charge in [0, 0.05) is 52.0 Å². The minimum Gasteiger partial charge on any atom is -0.469 e. The molecular weight excluding hydrogens is 462 g/mol. The number of carbonyl (C=O) groups excluding carboxylic acids is 1. The van der Waals surface area contributed by atoms with E-state index in [-0.39, 0.29) is 17.7 Å². The Kier molecular flexibility index (Phi) is 6.45. The van der Waals surface area contributed by atoms with Crippen molar-refractivity contribution in [1.82, 2.24) is 14.9 Å². The van der Waals surface area contributed by atoms with Gasteiger partial charge in [0.25, 0.3) is 0 Å². The Morgan fingerprint density at radius 2 is 1.54 bits per heavy atom. The summed E-state index contributed by atoms with van der Waals surface area (Å²) >= 11 is 0. The molecule has 0 saturated carbocycles. The zero-order valence-electron chi connectivity index (χ0n) is 21.0. The van der Waals surface area contributed by atoms with Crippen LogP contribution in [0.5, 0.6) is 0 Å². The molecule has 188 valence electrons. The maximum Gasteiger partial charge on any atom is 0.227 e. The maximum absolute atomic E-state index is 13.1. The molecule has 37 heavy (non-hydrogen) atoms. The number of Topliss-reactive ketones (excluding diaryl/α,β-unsaturated/α-hetero) is 1. The summed E-state index contributed by atoms with van der Waals surface area (Å²) in [5, 5.41) is 3.15. The first-order chi connectivity index (χ1) is 18.2. The number of ketones is 1. The van der Waals surface area contributed by atoms with Gasteiger partial charge in [0.15, 0.2) is 5.78 Å². The number of aromatic nitrogens is 2. The zero-order valence-corrected chi connectivity index (χ0v) is 21.0. The Balaban J connectivity index is 1.25. The van der Waals surface area contributed by atoms with Crippen molar-refractivity contribution in [2.45, 2.75) is 24.8 Å². The van der Waals surface area contributed by atoms with Crippen LogP contribution in [0.25, 0.3) is 0 Å². The lowest BCUT2D eigenvalue weighted by atomic mass is 9.84. The average Bonchev–Trinajstić information content (AvgIpc) is 3.49. The summed E-state index contributed by atoms with van der Waals surface area (Å²) in [6.07, 6.45) is 2.75. The Bertz CT molecular complexity index is 1310. The Morgan fingerprint density at radius 3 is 2.14 bits per heavy atom. The van der Waals surface area contributed by atoms with Gasteiger partial charge in [-0.2, -0.15) is 4.98 Å². The van der Waals surface area contributed by atoms with Crippen molar-refractivity contribution in [3.63, 3.8) is 0 Å². The van der Waals surface area contributed by atoms with E-state index in [2.05, 4.69) is 75.8 Å². The van der Waals surface area contributed by atoms with Crippen LogP contribution >= 0.6 is 0 Å². The van der Waals surface area contributed by atoms with Gasteiger partial charge in [0.05, 0.1) is 23.6 Å². The lowest BCUT2D eigenvalue weighted by Gasteiger charge is -2.40. The smallest absolute Gasteiger partial charge is 0.227 e. The monoisotopic (exact) mass is 493 g/mol. The number of furan rings is 1. The van der Waals surface area contributed by atoms with Crippen molar-refractivity contribution in [3.8, 4) is 0 Å². The van der Waals surface area contributed by atoms with E-state index in [0.717, 1.165) is 37.6 Å². The van der Waals surface area contributed by atoms with E-state index in [1.807, 2.05) is 19.2 Å². The number of nitrogens with one attached hydrogen (secondary N) is 1. The van der Waals surface area contributed by atoms with Gasteiger partial charge in [-0.15, -0.1) is 0 Å². The summed E-state index contributed by atoms with van der Waals surface area (Å²) in [4.78, 5) is 27.6. The summed E-state index contributed by atoms with van der Waals surface area (Å²) in [7, 11) is 1.82. The fourth-order valence-corrected chi connectivity index (χ4v) is 5.68. The predicted molar refractivity (Wildman–Crippen MR) is 144 cm³/mol. The van der Waals surface area contributed by atoms with Crippen LogP contribution in [0.2, 0.25) is 0 Å². The van der Waals surface area contributed by atoms with E-state index < -0.39 is 0 Å². The second-order valence-corrected chi connectivity index (χ2v) is 9.73. The third-order valence-electron chi connectivity index (χ3n) is 7.50. The zero-order chi connectivity index (χ0) is 25.2. The molecule has 1 fully saturated rings. The number of hydrogen-bond acceptors (Lipinski definition) is 7. The molecule has 7 nitrogen and oxygen atoms in total. The number of anilines is 2. The van der Waals surface area contributed by atoms with Gasteiger partial charge < -0.3 is 14.6 Å². The van der Waals surface area contributed by atoms with E-state index in [9.17, 15) is 4.79 Å². The number of rotatable bonds is 6. The second-order valence-electron chi connectivity index (χ2n) is 9.73. The molecule has 6 rings (SSSR count). The van der Waals surface area contributed by atoms with Crippen LogP contribution < -0.4 is 10.2 Å². The topological polar surface area (TPSA) is 74.5 Å². The van der Waals surface area contributed by atoms with Crippen LogP contribution in [-0.2, 0) is 6.42 Å². The summed E-state index contributed by atoms with van der Waals surface area (Å²) in [5.74, 6) is 2.23. The van der Waals surface area contributed by atoms with E-state index in [1.54, 1.807) is 6.26 Å². The molecular formula is C30H31N5O2. The number of piperazine rings is 1. The fourth-order valence-electron chi connectivity index (χ4n) is 5.68. The first-order valence-corrected chi connectivity index (χ1v) is 13.0. The molecule has 1 saturated heterocycles. The standard InChI is InChI=1S/C30H31N5O2/c1-31-29-27-24(19-23(20-25(27)36)26-13-8-18-37-26)32-30(33-29)35-16-14-34(15-17-35)28(21-9-4-2-5-10-21)22-11-6-3-7-12-22/h2-13,18,23,28H,14-17,19-20H2,1H3,(H,31,32,33). The summed E-state index contributed by atoms with van der Waals surface area (Å²) < 4.78 is 5.62. The molecule has 1 aliphatic carbocycles. The Morgan fingerprint density at radius 1 is 0.865 bits per heavy atom. The van der Waals surface area contributed by atoms with Crippen molar-refractivity contribution in [2.75, 3.05) is 43.4 Å². The fraction of sp³-hybridized carbons (Fsp3) is 0.300. The molecule has 0 spiro atoms. The van der Waals surface area contributed by atoms with Crippen molar-refractivity contribution in [3.05, 3.63) is 107 Å². The normalized spacial score (nSPS) is 18.2.